The first-order valence-corrected chi connectivity index (χ1v) is 7.80. The van der Waals surface area contributed by atoms with Gasteiger partial charge in [0.25, 0.3) is 0 Å². The van der Waals surface area contributed by atoms with E-state index < -0.39 is 0 Å². The average Bonchev–Trinajstić information content (AvgIpc) is 2.30. The van der Waals surface area contributed by atoms with Crippen LogP contribution in [0.4, 0.5) is 0 Å². The van der Waals surface area contributed by atoms with Gasteiger partial charge in [-0.25, -0.2) is 0 Å². The Morgan fingerprint density at radius 2 is 1.00 bits per heavy atom. The topological polar surface area (TPSA) is 0 Å². The third-order valence-corrected chi connectivity index (χ3v) is 5.93. The molecule has 0 aliphatic rings. The molecule has 0 unspecified atom stereocenters. The number of rotatable bonds is 2. The standard InChI is InChI=1S/C12H10BrP.Ni/c13-14(11-7-3-1-4-8-11)12-9-5-2-6-10-12;/h1-10H;. The third-order valence-electron chi connectivity index (χ3n) is 1.97. The van der Waals surface area contributed by atoms with E-state index in [0.29, 0.717) is 0 Å². The van der Waals surface area contributed by atoms with Gasteiger partial charge in [-0.2, -0.15) is 0 Å². The summed E-state index contributed by atoms with van der Waals surface area (Å²) in [7, 11) is 0. The monoisotopic (exact) mass is 322 g/mol. The predicted molar refractivity (Wildman–Crippen MR) is 68.0 cm³/mol. The summed E-state index contributed by atoms with van der Waals surface area (Å²) in [6.45, 7) is -0.358. The van der Waals surface area contributed by atoms with Crippen molar-refractivity contribution in [2.45, 2.75) is 0 Å². The molecule has 0 spiro atoms. The summed E-state index contributed by atoms with van der Waals surface area (Å²) in [6.07, 6.45) is 0. The van der Waals surface area contributed by atoms with Gasteiger partial charge in [-0.15, -0.1) is 0 Å². The van der Waals surface area contributed by atoms with Crippen LogP contribution in [0, 0.1) is 0 Å². The van der Waals surface area contributed by atoms with Gasteiger partial charge < -0.3 is 0 Å². The van der Waals surface area contributed by atoms with Gasteiger partial charge in [0.05, 0.1) is 0 Å². The molecule has 0 radical (unpaired) electrons. The van der Waals surface area contributed by atoms with Crippen molar-refractivity contribution in [1.82, 2.24) is 0 Å². The molecule has 2 aromatic rings. The van der Waals surface area contributed by atoms with Gasteiger partial charge >= 0.3 is 0 Å². The van der Waals surface area contributed by atoms with Crippen LogP contribution in [0.5, 0.6) is 0 Å². The molecular formula is C12H10BrNiP. The minimum Gasteiger partial charge on any atom is -0.0622 e. The summed E-state index contributed by atoms with van der Waals surface area (Å²) in [6, 6.07) is 21.0. The van der Waals surface area contributed by atoms with E-state index in [4.69, 9.17) is 0 Å². The maximum atomic E-state index is 3.76. The van der Waals surface area contributed by atoms with Crippen LogP contribution < -0.4 is 10.6 Å². The van der Waals surface area contributed by atoms with E-state index in [1.165, 1.54) is 10.6 Å². The van der Waals surface area contributed by atoms with Crippen molar-refractivity contribution in [1.29, 1.82) is 0 Å². The molecule has 0 aliphatic heterocycles. The zero-order valence-corrected chi connectivity index (χ0v) is 11.4. The van der Waals surface area contributed by atoms with Crippen molar-refractivity contribution in [3.8, 4) is 0 Å². The Kier molecular flexibility index (Phi) is 5.54. The van der Waals surface area contributed by atoms with Crippen LogP contribution in [-0.4, -0.2) is 0 Å². The van der Waals surface area contributed by atoms with E-state index in [1.807, 2.05) is 12.1 Å². The van der Waals surface area contributed by atoms with Crippen molar-refractivity contribution in [3.05, 3.63) is 60.7 Å². The van der Waals surface area contributed by atoms with Crippen LogP contribution in [0.15, 0.2) is 60.7 Å². The van der Waals surface area contributed by atoms with E-state index >= 15 is 0 Å². The minimum absolute atomic E-state index is 0. The SMILES string of the molecule is BrP(c1ccccc1)c1ccccc1.[Ni]. The molecule has 0 fully saturated rings. The van der Waals surface area contributed by atoms with Gasteiger partial charge in [-0.05, 0) is 26.1 Å². The molecule has 80 valence electrons. The third kappa shape index (κ3) is 3.42. The summed E-state index contributed by atoms with van der Waals surface area (Å²) >= 11 is 3.76. The molecule has 0 saturated carbocycles. The molecule has 0 nitrogen and oxygen atoms in total. The zero-order chi connectivity index (χ0) is 9.80. The number of hydrogen-bond donors (Lipinski definition) is 0. The van der Waals surface area contributed by atoms with Crippen molar-refractivity contribution in [2.24, 2.45) is 0 Å². The quantitative estimate of drug-likeness (QED) is 0.587. The van der Waals surface area contributed by atoms with Gasteiger partial charge in [0.1, 0.15) is 0 Å². The maximum Gasteiger partial charge on any atom is 0.0265 e. The summed E-state index contributed by atoms with van der Waals surface area (Å²) in [5.41, 5.74) is 0. The van der Waals surface area contributed by atoms with E-state index in [1.54, 1.807) is 0 Å². The van der Waals surface area contributed by atoms with Crippen LogP contribution in [0.25, 0.3) is 0 Å². The molecule has 0 heterocycles. The Hall–Kier alpha value is -0.156. The molecule has 0 aromatic heterocycles. The van der Waals surface area contributed by atoms with Crippen LogP contribution in [0.2, 0.25) is 0 Å². The van der Waals surface area contributed by atoms with Gasteiger partial charge in [0.2, 0.25) is 0 Å². The van der Waals surface area contributed by atoms with Crippen LogP contribution in [0.1, 0.15) is 0 Å². The maximum absolute atomic E-state index is 3.76. The Labute approximate surface area is 110 Å². The smallest absolute Gasteiger partial charge is 0.0265 e. The van der Waals surface area contributed by atoms with E-state index in [-0.39, 0.29) is 23.1 Å². The Bertz CT molecular complexity index is 351. The fourth-order valence-electron chi connectivity index (χ4n) is 1.27. The Morgan fingerprint density at radius 1 is 0.667 bits per heavy atom. The summed E-state index contributed by atoms with van der Waals surface area (Å²) < 4.78 is 0. The van der Waals surface area contributed by atoms with E-state index in [9.17, 15) is 0 Å². The molecule has 0 aliphatic carbocycles. The fraction of sp³-hybridized carbons (Fsp3) is 0. The molecule has 0 N–H and O–H groups in total. The molecule has 0 amide bonds. The first-order valence-electron chi connectivity index (χ1n) is 4.44. The predicted octanol–water partition coefficient (Wildman–Crippen LogP) is 3.43. The van der Waals surface area contributed by atoms with Crippen molar-refractivity contribution in [2.75, 3.05) is 0 Å². The molecule has 0 saturated heterocycles. The van der Waals surface area contributed by atoms with Crippen LogP contribution in [0.3, 0.4) is 0 Å². The summed E-state index contributed by atoms with van der Waals surface area (Å²) in [4.78, 5) is 0. The summed E-state index contributed by atoms with van der Waals surface area (Å²) in [5.74, 6) is 0. The molecule has 3 heteroatoms. The van der Waals surface area contributed by atoms with Crippen molar-refractivity contribution < 1.29 is 16.5 Å². The molecule has 15 heavy (non-hydrogen) atoms. The average molecular weight is 324 g/mol. The van der Waals surface area contributed by atoms with Gasteiger partial charge in [0, 0.05) is 23.1 Å². The molecular weight excluding hydrogens is 314 g/mol. The van der Waals surface area contributed by atoms with Gasteiger partial charge in [-0.3, -0.25) is 0 Å². The second kappa shape index (κ2) is 6.43. The van der Waals surface area contributed by atoms with Crippen LogP contribution in [-0.2, 0) is 16.5 Å². The minimum atomic E-state index is -0.358. The van der Waals surface area contributed by atoms with Gasteiger partial charge in [0.15, 0.2) is 0 Å². The second-order valence-electron chi connectivity index (χ2n) is 2.95. The fourth-order valence-corrected chi connectivity index (χ4v) is 3.85. The molecule has 2 aromatic carbocycles. The first-order chi connectivity index (χ1) is 6.88. The van der Waals surface area contributed by atoms with E-state index in [0.717, 1.165) is 0 Å². The molecule has 0 atom stereocenters. The van der Waals surface area contributed by atoms with Crippen molar-refractivity contribution in [3.63, 3.8) is 0 Å². The molecule has 2 rings (SSSR count). The summed E-state index contributed by atoms with van der Waals surface area (Å²) in [5, 5.41) is 2.71. The van der Waals surface area contributed by atoms with Crippen molar-refractivity contribution >= 4 is 32.7 Å². The number of halogens is 1. The van der Waals surface area contributed by atoms with Gasteiger partial charge in [-0.1, -0.05) is 60.7 Å². The normalized spacial score (nSPS) is 9.73. The number of benzene rings is 2. The Morgan fingerprint density at radius 3 is 1.33 bits per heavy atom. The Balaban J connectivity index is 0.00000112. The largest absolute Gasteiger partial charge is 0.0622 e. The van der Waals surface area contributed by atoms with Crippen LogP contribution >= 0.6 is 22.1 Å². The van der Waals surface area contributed by atoms with E-state index in [2.05, 4.69) is 64.0 Å². The second-order valence-corrected chi connectivity index (χ2v) is 6.67. The first kappa shape index (κ1) is 12.9. The number of hydrogen-bond acceptors (Lipinski definition) is 0. The zero-order valence-electron chi connectivity index (χ0n) is 7.91. The molecule has 0 bridgehead atoms.